The third-order valence-corrected chi connectivity index (χ3v) is 8.10. The fourth-order valence-electron chi connectivity index (χ4n) is 5.49. The van der Waals surface area contributed by atoms with Gasteiger partial charge in [0.15, 0.2) is 5.82 Å². The van der Waals surface area contributed by atoms with Crippen molar-refractivity contribution in [3.05, 3.63) is 59.4 Å². The van der Waals surface area contributed by atoms with Crippen LogP contribution in [0, 0.1) is 11.8 Å². The molecule has 1 saturated heterocycles. The molecule has 3 aromatic rings. The minimum Gasteiger partial charge on any atom is -0.497 e. The number of hydrogen-bond donors (Lipinski definition) is 0. The highest BCUT2D eigenvalue weighted by Gasteiger charge is 2.23. The molecule has 222 valence electrons. The number of methoxy groups -OCH3 is 1. The van der Waals surface area contributed by atoms with Crippen molar-refractivity contribution in [1.29, 1.82) is 0 Å². The Bertz CT molecular complexity index is 1280. The van der Waals surface area contributed by atoms with Gasteiger partial charge in [-0.2, -0.15) is 0 Å². The summed E-state index contributed by atoms with van der Waals surface area (Å²) in [6.07, 6.45) is 6.68. The van der Waals surface area contributed by atoms with E-state index in [2.05, 4.69) is 32.6 Å². The molecule has 0 atom stereocenters. The average molecular weight is 561 g/mol. The number of aryl methyl sites for hydroxylation is 1. The van der Waals surface area contributed by atoms with Crippen molar-refractivity contribution in [3.63, 3.8) is 0 Å². The molecule has 0 bridgehead atoms. The summed E-state index contributed by atoms with van der Waals surface area (Å²) in [5.41, 5.74) is 2.82. The molecule has 0 spiro atoms. The minimum atomic E-state index is -0.120. The number of carbonyl (C=O) groups excluding carboxylic acids is 2. The third kappa shape index (κ3) is 8.19. The number of imidazole rings is 1. The van der Waals surface area contributed by atoms with E-state index >= 15 is 0 Å². The van der Waals surface area contributed by atoms with E-state index in [0.717, 1.165) is 63.0 Å². The van der Waals surface area contributed by atoms with Gasteiger partial charge in [0.1, 0.15) is 5.75 Å². The van der Waals surface area contributed by atoms with E-state index < -0.39 is 0 Å². The first-order chi connectivity index (χ1) is 19.8. The maximum Gasteiger partial charge on any atom is 0.253 e. The molecule has 1 aromatic heterocycles. The summed E-state index contributed by atoms with van der Waals surface area (Å²) in [6.45, 7) is 14.2. The van der Waals surface area contributed by atoms with Crippen LogP contribution in [0.1, 0.15) is 92.8 Å². The van der Waals surface area contributed by atoms with Crippen molar-refractivity contribution in [2.24, 2.45) is 11.8 Å². The van der Waals surface area contributed by atoms with Gasteiger partial charge >= 0.3 is 0 Å². The lowest BCUT2D eigenvalue weighted by Gasteiger charge is -2.26. The number of amides is 1. The summed E-state index contributed by atoms with van der Waals surface area (Å²) in [5, 5.41) is 0. The van der Waals surface area contributed by atoms with Crippen molar-refractivity contribution in [2.75, 3.05) is 39.8 Å². The van der Waals surface area contributed by atoms with Crippen LogP contribution < -0.4 is 4.74 Å². The highest BCUT2D eigenvalue weighted by atomic mass is 16.5. The number of carbonyl (C=O) groups is 2. The van der Waals surface area contributed by atoms with Crippen LogP contribution in [-0.2, 0) is 6.54 Å². The van der Waals surface area contributed by atoms with E-state index in [1.807, 2.05) is 27.7 Å². The summed E-state index contributed by atoms with van der Waals surface area (Å²) in [5.74, 6) is 2.12. The number of nitrogens with zero attached hydrogens (tertiary/aromatic N) is 4. The lowest BCUT2D eigenvalue weighted by atomic mass is 10.1. The molecule has 7 heteroatoms. The number of ketones is 1. The fourth-order valence-corrected chi connectivity index (χ4v) is 5.49. The fraction of sp³-hybridized carbons (Fsp3) is 0.559. The second-order valence-electron chi connectivity index (χ2n) is 12.3. The van der Waals surface area contributed by atoms with Crippen molar-refractivity contribution in [2.45, 2.75) is 72.8 Å². The molecule has 7 nitrogen and oxygen atoms in total. The van der Waals surface area contributed by atoms with Crippen molar-refractivity contribution >= 4 is 22.7 Å². The molecule has 0 saturated carbocycles. The van der Waals surface area contributed by atoms with Gasteiger partial charge in [0.05, 0.1) is 18.1 Å². The second kappa shape index (κ2) is 14.6. The van der Waals surface area contributed by atoms with E-state index in [1.54, 1.807) is 31.4 Å². The van der Waals surface area contributed by atoms with Gasteiger partial charge in [0.25, 0.3) is 5.91 Å². The number of likely N-dealkylation sites (tertiary alicyclic amines) is 1. The molecule has 1 amide bonds. The van der Waals surface area contributed by atoms with Gasteiger partial charge < -0.3 is 19.1 Å². The predicted octanol–water partition coefficient (Wildman–Crippen LogP) is 6.69. The van der Waals surface area contributed by atoms with Gasteiger partial charge in [0, 0.05) is 30.8 Å². The highest BCUT2D eigenvalue weighted by Crippen LogP contribution is 2.24. The van der Waals surface area contributed by atoms with Crippen molar-refractivity contribution < 1.29 is 14.3 Å². The molecule has 0 N–H and O–H groups in total. The zero-order chi connectivity index (χ0) is 29.4. The number of ether oxygens (including phenoxy) is 1. The van der Waals surface area contributed by atoms with Crippen LogP contribution >= 0.6 is 0 Å². The third-order valence-electron chi connectivity index (χ3n) is 8.10. The molecule has 2 aromatic carbocycles. The molecule has 41 heavy (non-hydrogen) atoms. The van der Waals surface area contributed by atoms with Crippen LogP contribution in [-0.4, -0.2) is 70.9 Å². The van der Waals surface area contributed by atoms with Crippen molar-refractivity contribution in [1.82, 2.24) is 19.4 Å². The van der Waals surface area contributed by atoms with E-state index in [1.165, 1.54) is 19.3 Å². The number of fused-ring (bicyclic) bond motifs is 1. The van der Waals surface area contributed by atoms with Gasteiger partial charge in [-0.15, -0.1) is 0 Å². The van der Waals surface area contributed by atoms with E-state index in [0.29, 0.717) is 41.1 Å². The summed E-state index contributed by atoms with van der Waals surface area (Å²) < 4.78 is 7.32. The molecule has 2 heterocycles. The number of hydrogen-bond acceptors (Lipinski definition) is 5. The minimum absolute atomic E-state index is 0.0531. The Labute approximate surface area is 245 Å². The van der Waals surface area contributed by atoms with Gasteiger partial charge in [-0.05, 0) is 106 Å². The van der Waals surface area contributed by atoms with Crippen LogP contribution in [0.3, 0.4) is 0 Å². The predicted molar refractivity (Wildman–Crippen MR) is 166 cm³/mol. The molecule has 4 rings (SSSR count). The maximum absolute atomic E-state index is 13.8. The second-order valence-corrected chi connectivity index (χ2v) is 12.3. The van der Waals surface area contributed by atoms with Gasteiger partial charge in [-0.1, -0.05) is 34.1 Å². The van der Waals surface area contributed by atoms with Gasteiger partial charge in [0.2, 0.25) is 5.78 Å². The molecule has 0 aliphatic carbocycles. The van der Waals surface area contributed by atoms with E-state index in [4.69, 9.17) is 9.72 Å². The zero-order valence-electron chi connectivity index (χ0n) is 25.7. The van der Waals surface area contributed by atoms with Gasteiger partial charge in [-0.25, -0.2) is 4.98 Å². The molecule has 0 unspecified atom stereocenters. The number of piperidine rings is 1. The SMILES string of the molecule is COc1ccc(C(=O)c2nc3ccc(C(=O)N(CCC(C)C)CCC(C)C)cc3n2CCCN2CCCCC2)cc1. The Morgan fingerprint density at radius 3 is 2.12 bits per heavy atom. The summed E-state index contributed by atoms with van der Waals surface area (Å²) in [4.78, 5) is 36.8. The molecule has 1 aliphatic rings. The summed E-state index contributed by atoms with van der Waals surface area (Å²) >= 11 is 0. The quantitative estimate of drug-likeness (QED) is 0.206. The first kappa shape index (κ1) is 30.8. The molecule has 0 radical (unpaired) electrons. The average Bonchev–Trinajstić information content (AvgIpc) is 3.34. The van der Waals surface area contributed by atoms with Crippen LogP contribution in [0.15, 0.2) is 42.5 Å². The van der Waals surface area contributed by atoms with E-state index in [9.17, 15) is 9.59 Å². The Hall–Kier alpha value is -3.19. The Kier molecular flexibility index (Phi) is 11.0. The summed E-state index contributed by atoms with van der Waals surface area (Å²) in [7, 11) is 1.62. The molecule has 1 aliphatic heterocycles. The van der Waals surface area contributed by atoms with E-state index in [-0.39, 0.29) is 11.7 Å². The smallest absolute Gasteiger partial charge is 0.253 e. The monoisotopic (exact) mass is 560 g/mol. The Morgan fingerprint density at radius 1 is 0.878 bits per heavy atom. The number of rotatable bonds is 14. The lowest BCUT2D eigenvalue weighted by Crippen LogP contribution is -2.34. The summed E-state index contributed by atoms with van der Waals surface area (Å²) in [6, 6.07) is 12.9. The first-order valence-corrected chi connectivity index (χ1v) is 15.5. The topological polar surface area (TPSA) is 67.7 Å². The molecular formula is C34H48N4O3. The van der Waals surface area contributed by atoms with Crippen molar-refractivity contribution in [3.8, 4) is 5.75 Å². The lowest BCUT2D eigenvalue weighted by molar-refractivity contribution is 0.0740. The van der Waals surface area contributed by atoms with Crippen LogP contribution in [0.25, 0.3) is 11.0 Å². The van der Waals surface area contributed by atoms with Crippen LogP contribution in [0.5, 0.6) is 5.75 Å². The van der Waals surface area contributed by atoms with Crippen LogP contribution in [0.2, 0.25) is 0 Å². The largest absolute Gasteiger partial charge is 0.497 e. The number of benzene rings is 2. The molecular weight excluding hydrogens is 512 g/mol. The highest BCUT2D eigenvalue weighted by molar-refractivity contribution is 6.08. The number of aromatic nitrogens is 2. The standard InChI is InChI=1S/C34H48N4O3/c1-25(2)16-22-37(23-17-26(3)4)34(40)28-12-15-30-31(24-28)38(21-9-20-36-18-7-6-8-19-36)33(35-30)32(39)27-10-13-29(41-5)14-11-27/h10-15,24-26H,6-9,16-23H2,1-5H3. The maximum atomic E-state index is 13.8. The Balaban J connectivity index is 1.66. The zero-order valence-corrected chi connectivity index (χ0v) is 25.7. The van der Waals surface area contributed by atoms with Gasteiger partial charge in [-0.3, -0.25) is 9.59 Å². The molecule has 1 fully saturated rings. The van der Waals surface area contributed by atoms with Crippen LogP contribution in [0.4, 0.5) is 0 Å². The normalized spacial score (nSPS) is 14.2. The Morgan fingerprint density at radius 2 is 1.51 bits per heavy atom. The first-order valence-electron chi connectivity index (χ1n) is 15.5.